The summed E-state index contributed by atoms with van der Waals surface area (Å²) in [4.78, 5) is 9.99. The number of nitro benzene ring substituents is 1. The molecule has 1 unspecified atom stereocenters. The van der Waals surface area contributed by atoms with Gasteiger partial charge in [0.05, 0.1) is 24.7 Å². The number of morpholine rings is 1. The topological polar surface area (TPSA) is 125 Å². The minimum Gasteiger partial charge on any atom is -0.495 e. The largest absolute Gasteiger partial charge is 0.495 e. The van der Waals surface area contributed by atoms with Crippen LogP contribution in [0.2, 0.25) is 0 Å². The number of nitrogens with zero attached hydrogens (tertiary/aromatic N) is 2. The molecular formula is C12H17N3O6S. The van der Waals surface area contributed by atoms with Gasteiger partial charge in [0.25, 0.3) is 5.69 Å². The van der Waals surface area contributed by atoms with E-state index in [2.05, 4.69) is 0 Å². The van der Waals surface area contributed by atoms with Gasteiger partial charge in [-0.3, -0.25) is 10.1 Å². The predicted octanol–water partition coefficient (Wildman–Crippen LogP) is -0.0484. The number of nitrogens with two attached hydrogens (primary N) is 1. The summed E-state index contributed by atoms with van der Waals surface area (Å²) < 4.78 is 37.0. The summed E-state index contributed by atoms with van der Waals surface area (Å²) in [5, 5.41) is 10.9. The summed E-state index contributed by atoms with van der Waals surface area (Å²) >= 11 is 0. The van der Waals surface area contributed by atoms with Crippen LogP contribution in [-0.4, -0.2) is 57.1 Å². The van der Waals surface area contributed by atoms with Crippen LogP contribution in [-0.2, 0) is 14.8 Å². The number of sulfonamides is 1. The normalized spacial score (nSPS) is 19.8. The molecule has 9 nitrogen and oxygen atoms in total. The maximum absolute atomic E-state index is 12.7. The van der Waals surface area contributed by atoms with Gasteiger partial charge in [0, 0.05) is 31.8 Å². The minimum absolute atomic E-state index is 0.0568. The highest BCUT2D eigenvalue weighted by Gasteiger charge is 2.33. The Morgan fingerprint density at radius 1 is 1.55 bits per heavy atom. The lowest BCUT2D eigenvalue weighted by atomic mass is 10.3. The first-order valence-electron chi connectivity index (χ1n) is 6.54. The van der Waals surface area contributed by atoms with Gasteiger partial charge < -0.3 is 15.2 Å². The van der Waals surface area contributed by atoms with Crippen LogP contribution in [0.15, 0.2) is 23.1 Å². The molecule has 1 atom stereocenters. The molecule has 10 heteroatoms. The van der Waals surface area contributed by atoms with Gasteiger partial charge >= 0.3 is 0 Å². The van der Waals surface area contributed by atoms with Crippen molar-refractivity contribution in [3.63, 3.8) is 0 Å². The summed E-state index contributed by atoms with van der Waals surface area (Å²) in [6.07, 6.45) is -0.395. The van der Waals surface area contributed by atoms with Crippen LogP contribution in [0, 0.1) is 10.1 Å². The molecule has 0 bridgehead atoms. The van der Waals surface area contributed by atoms with Crippen LogP contribution in [0.1, 0.15) is 0 Å². The smallest absolute Gasteiger partial charge is 0.271 e. The second kappa shape index (κ2) is 6.57. The van der Waals surface area contributed by atoms with E-state index < -0.39 is 21.1 Å². The molecule has 1 aromatic rings. The maximum atomic E-state index is 12.7. The molecule has 0 aromatic heterocycles. The lowest BCUT2D eigenvalue weighted by Gasteiger charge is -2.31. The van der Waals surface area contributed by atoms with Crippen LogP contribution in [0.3, 0.4) is 0 Å². The second-order valence-electron chi connectivity index (χ2n) is 4.68. The summed E-state index contributed by atoms with van der Waals surface area (Å²) in [7, 11) is -2.63. The Kier molecular flexibility index (Phi) is 4.96. The Morgan fingerprint density at radius 2 is 2.27 bits per heavy atom. The molecule has 1 aliphatic rings. The molecule has 0 saturated carbocycles. The summed E-state index contributed by atoms with van der Waals surface area (Å²) in [5.74, 6) is 0.0568. The van der Waals surface area contributed by atoms with Crippen LogP contribution in [0.25, 0.3) is 0 Å². The predicted molar refractivity (Wildman–Crippen MR) is 77.2 cm³/mol. The molecule has 0 amide bonds. The van der Waals surface area contributed by atoms with Crippen molar-refractivity contribution in [2.24, 2.45) is 5.73 Å². The lowest BCUT2D eigenvalue weighted by Crippen LogP contribution is -2.48. The van der Waals surface area contributed by atoms with Gasteiger partial charge in [-0.15, -0.1) is 0 Å². The zero-order valence-corrected chi connectivity index (χ0v) is 12.8. The quantitative estimate of drug-likeness (QED) is 0.592. The number of nitro groups is 1. The van der Waals surface area contributed by atoms with Crippen molar-refractivity contribution in [1.82, 2.24) is 4.31 Å². The highest BCUT2D eigenvalue weighted by molar-refractivity contribution is 7.89. The third kappa shape index (κ3) is 3.19. The highest BCUT2D eigenvalue weighted by Crippen LogP contribution is 2.31. The van der Waals surface area contributed by atoms with Crippen LogP contribution in [0.5, 0.6) is 5.75 Å². The molecule has 1 fully saturated rings. The van der Waals surface area contributed by atoms with Gasteiger partial charge in [0.2, 0.25) is 10.0 Å². The van der Waals surface area contributed by atoms with E-state index in [1.54, 1.807) is 0 Å². The van der Waals surface area contributed by atoms with Crippen LogP contribution >= 0.6 is 0 Å². The molecule has 122 valence electrons. The number of hydrogen-bond donors (Lipinski definition) is 1. The molecule has 0 radical (unpaired) electrons. The van der Waals surface area contributed by atoms with E-state index in [0.29, 0.717) is 0 Å². The molecule has 2 N–H and O–H groups in total. The Morgan fingerprint density at radius 3 is 2.86 bits per heavy atom. The zero-order chi connectivity index (χ0) is 16.3. The number of methoxy groups -OCH3 is 1. The van der Waals surface area contributed by atoms with Crippen molar-refractivity contribution < 1.29 is 22.8 Å². The minimum atomic E-state index is -3.94. The van der Waals surface area contributed by atoms with Gasteiger partial charge in [-0.25, -0.2) is 8.42 Å². The average Bonchev–Trinajstić information content (AvgIpc) is 2.54. The molecule has 1 aliphatic heterocycles. The second-order valence-corrected chi connectivity index (χ2v) is 6.59. The number of ether oxygens (including phenoxy) is 2. The third-order valence-electron chi connectivity index (χ3n) is 3.34. The van der Waals surface area contributed by atoms with Crippen molar-refractivity contribution in [3.05, 3.63) is 28.3 Å². The van der Waals surface area contributed by atoms with E-state index in [4.69, 9.17) is 15.2 Å². The zero-order valence-electron chi connectivity index (χ0n) is 12.0. The van der Waals surface area contributed by atoms with Crippen LogP contribution < -0.4 is 10.5 Å². The fraction of sp³-hybridized carbons (Fsp3) is 0.500. The number of hydrogen-bond acceptors (Lipinski definition) is 7. The van der Waals surface area contributed by atoms with Crippen molar-refractivity contribution in [2.75, 3.05) is 33.4 Å². The molecule has 1 heterocycles. The molecule has 1 aromatic carbocycles. The van der Waals surface area contributed by atoms with Gasteiger partial charge in [-0.2, -0.15) is 4.31 Å². The summed E-state index contributed by atoms with van der Waals surface area (Å²) in [6, 6.07) is 3.47. The number of benzene rings is 1. The monoisotopic (exact) mass is 331 g/mol. The Balaban J connectivity index is 2.43. The first kappa shape index (κ1) is 16.6. The van der Waals surface area contributed by atoms with Crippen molar-refractivity contribution in [1.29, 1.82) is 0 Å². The lowest BCUT2D eigenvalue weighted by molar-refractivity contribution is -0.385. The first-order chi connectivity index (χ1) is 10.4. The van der Waals surface area contributed by atoms with E-state index in [-0.39, 0.29) is 42.6 Å². The van der Waals surface area contributed by atoms with Gasteiger partial charge in [-0.1, -0.05) is 0 Å². The fourth-order valence-electron chi connectivity index (χ4n) is 2.17. The van der Waals surface area contributed by atoms with E-state index in [0.717, 1.165) is 6.07 Å². The summed E-state index contributed by atoms with van der Waals surface area (Å²) in [5.41, 5.74) is 5.19. The number of rotatable bonds is 5. The van der Waals surface area contributed by atoms with Crippen molar-refractivity contribution in [3.8, 4) is 5.75 Å². The third-order valence-corrected chi connectivity index (χ3v) is 5.23. The van der Waals surface area contributed by atoms with Gasteiger partial charge in [0.15, 0.2) is 0 Å². The molecule has 0 spiro atoms. The fourth-order valence-corrected chi connectivity index (χ4v) is 3.80. The standard InChI is InChI=1S/C12H17N3O6S/c1-20-11-3-2-9(15(16)17)6-12(11)22(18,19)14-4-5-21-10(7-13)8-14/h2-3,6,10H,4-5,7-8,13H2,1H3. The average molecular weight is 331 g/mol. The van der Waals surface area contributed by atoms with Crippen LogP contribution in [0.4, 0.5) is 5.69 Å². The molecule has 0 aliphatic carbocycles. The molecule has 2 rings (SSSR count). The summed E-state index contributed by atoms with van der Waals surface area (Å²) in [6.45, 7) is 0.672. The number of non-ortho nitro benzene ring substituents is 1. The van der Waals surface area contributed by atoms with Gasteiger partial charge in [0.1, 0.15) is 10.6 Å². The van der Waals surface area contributed by atoms with E-state index in [1.807, 2.05) is 0 Å². The van der Waals surface area contributed by atoms with E-state index in [9.17, 15) is 18.5 Å². The highest BCUT2D eigenvalue weighted by atomic mass is 32.2. The first-order valence-corrected chi connectivity index (χ1v) is 7.98. The van der Waals surface area contributed by atoms with Gasteiger partial charge in [-0.05, 0) is 6.07 Å². The molecule has 22 heavy (non-hydrogen) atoms. The Bertz CT molecular complexity index is 663. The van der Waals surface area contributed by atoms with E-state index >= 15 is 0 Å². The molecule has 1 saturated heterocycles. The Labute approximate surface area is 127 Å². The van der Waals surface area contributed by atoms with Crippen molar-refractivity contribution >= 4 is 15.7 Å². The van der Waals surface area contributed by atoms with Crippen molar-refractivity contribution in [2.45, 2.75) is 11.0 Å². The Hall–Kier alpha value is -1.75. The maximum Gasteiger partial charge on any atom is 0.271 e. The van der Waals surface area contributed by atoms with E-state index in [1.165, 1.54) is 23.5 Å². The SMILES string of the molecule is COc1ccc([N+](=O)[O-])cc1S(=O)(=O)N1CCOC(CN)C1. The molecular weight excluding hydrogens is 314 g/mol.